The van der Waals surface area contributed by atoms with Crippen LogP contribution in [0.2, 0.25) is 0 Å². The number of nitrogens with zero attached hydrogens (tertiary/aromatic N) is 1. The second-order valence-corrected chi connectivity index (χ2v) is 7.06. The summed E-state index contributed by atoms with van der Waals surface area (Å²) in [4.78, 5) is 50.5. The van der Waals surface area contributed by atoms with E-state index in [-0.39, 0.29) is 30.7 Å². The molecule has 0 spiro atoms. The number of nitrogens with one attached hydrogen (secondary N) is 2. The minimum atomic E-state index is -0.682. The van der Waals surface area contributed by atoms with Gasteiger partial charge in [-0.3, -0.25) is 24.5 Å². The number of hydrogen-bond acceptors (Lipinski definition) is 4. The number of amides is 4. The van der Waals surface area contributed by atoms with Crippen molar-refractivity contribution < 1.29 is 19.2 Å². The fraction of sp³-hybridized carbons (Fsp3) is 0.238. The monoisotopic (exact) mass is 377 g/mol. The van der Waals surface area contributed by atoms with Gasteiger partial charge in [-0.2, -0.15) is 0 Å². The molecule has 2 N–H and O–H groups in total. The molecule has 0 saturated carbocycles. The second kappa shape index (κ2) is 6.92. The predicted molar refractivity (Wildman–Crippen MR) is 102 cm³/mol. The number of fused-ring (bicyclic) bond motifs is 1. The van der Waals surface area contributed by atoms with Crippen molar-refractivity contribution in [2.24, 2.45) is 0 Å². The van der Waals surface area contributed by atoms with Gasteiger partial charge in [-0.25, -0.2) is 0 Å². The number of imide groups is 1. The van der Waals surface area contributed by atoms with Crippen LogP contribution in [0.4, 0.5) is 5.69 Å². The maximum absolute atomic E-state index is 12.8. The Hall–Kier alpha value is -3.48. The van der Waals surface area contributed by atoms with Gasteiger partial charge in [0.2, 0.25) is 11.8 Å². The van der Waals surface area contributed by atoms with Crippen LogP contribution in [0.25, 0.3) is 0 Å². The van der Waals surface area contributed by atoms with E-state index >= 15 is 0 Å². The lowest BCUT2D eigenvalue weighted by atomic mass is 10.0. The van der Waals surface area contributed by atoms with E-state index in [1.54, 1.807) is 30.3 Å². The summed E-state index contributed by atoms with van der Waals surface area (Å²) in [7, 11) is 0. The molecule has 0 radical (unpaired) electrons. The van der Waals surface area contributed by atoms with Gasteiger partial charge in [0.1, 0.15) is 6.04 Å². The van der Waals surface area contributed by atoms with Crippen LogP contribution in [0.5, 0.6) is 0 Å². The van der Waals surface area contributed by atoms with Crippen LogP contribution in [0.3, 0.4) is 0 Å². The molecule has 2 aliphatic rings. The number of aryl methyl sites for hydroxylation is 1. The first-order valence-electron chi connectivity index (χ1n) is 9.08. The minimum absolute atomic E-state index is 0.202. The lowest BCUT2D eigenvalue weighted by Crippen LogP contribution is -2.52. The summed E-state index contributed by atoms with van der Waals surface area (Å²) < 4.78 is 0. The van der Waals surface area contributed by atoms with Gasteiger partial charge in [-0.05, 0) is 37.6 Å². The van der Waals surface area contributed by atoms with Gasteiger partial charge in [-0.1, -0.05) is 23.8 Å². The van der Waals surface area contributed by atoms with E-state index in [1.807, 2.05) is 19.1 Å². The van der Waals surface area contributed by atoms with E-state index < -0.39 is 11.9 Å². The van der Waals surface area contributed by atoms with Crippen molar-refractivity contribution in [3.8, 4) is 0 Å². The topological polar surface area (TPSA) is 95.6 Å². The first kappa shape index (κ1) is 17.9. The Balaban J connectivity index is 1.58. The zero-order valence-electron chi connectivity index (χ0n) is 15.3. The fourth-order valence-corrected chi connectivity index (χ4v) is 3.68. The first-order chi connectivity index (χ1) is 13.4. The summed E-state index contributed by atoms with van der Waals surface area (Å²) in [6.07, 6.45) is 0.503. The summed E-state index contributed by atoms with van der Waals surface area (Å²) >= 11 is 0. The third-order valence-corrected chi connectivity index (χ3v) is 5.11. The molecule has 2 aromatic carbocycles. The van der Waals surface area contributed by atoms with Gasteiger partial charge in [0.15, 0.2) is 0 Å². The third kappa shape index (κ3) is 3.15. The zero-order valence-corrected chi connectivity index (χ0v) is 15.3. The molecule has 0 aromatic heterocycles. The van der Waals surface area contributed by atoms with Crippen molar-refractivity contribution in [1.82, 2.24) is 10.2 Å². The molecule has 7 nitrogen and oxygen atoms in total. The summed E-state index contributed by atoms with van der Waals surface area (Å²) in [5.41, 5.74) is 3.20. The van der Waals surface area contributed by atoms with E-state index in [1.165, 1.54) is 4.90 Å². The Labute approximate surface area is 161 Å². The Morgan fingerprint density at radius 1 is 1.14 bits per heavy atom. The van der Waals surface area contributed by atoms with E-state index in [0.29, 0.717) is 28.8 Å². The van der Waals surface area contributed by atoms with Crippen LogP contribution in [0, 0.1) is 6.92 Å². The van der Waals surface area contributed by atoms with Gasteiger partial charge in [0, 0.05) is 35.3 Å². The fourth-order valence-electron chi connectivity index (χ4n) is 3.68. The largest absolute Gasteiger partial charge is 0.322 e. The summed E-state index contributed by atoms with van der Waals surface area (Å²) in [6, 6.07) is 11.7. The lowest BCUT2D eigenvalue weighted by molar-refractivity contribution is -0.136. The molecule has 142 valence electrons. The van der Waals surface area contributed by atoms with Crippen molar-refractivity contribution in [2.75, 3.05) is 5.32 Å². The van der Waals surface area contributed by atoms with Crippen molar-refractivity contribution in [3.05, 3.63) is 64.7 Å². The molecular weight excluding hydrogens is 358 g/mol. The average Bonchev–Trinajstić information content (AvgIpc) is 2.99. The molecule has 0 bridgehead atoms. The highest BCUT2D eigenvalue weighted by Gasteiger charge is 2.39. The number of hydrogen-bond donors (Lipinski definition) is 2. The van der Waals surface area contributed by atoms with Crippen LogP contribution in [-0.4, -0.2) is 34.6 Å². The normalized spacial score (nSPS) is 18.7. The molecule has 4 rings (SSSR count). The molecular formula is C21H19N3O4. The van der Waals surface area contributed by atoms with Crippen molar-refractivity contribution in [2.45, 2.75) is 32.4 Å². The maximum atomic E-state index is 12.8. The maximum Gasteiger partial charge on any atom is 0.255 e. The minimum Gasteiger partial charge on any atom is -0.322 e. The number of benzene rings is 2. The molecule has 0 aliphatic carbocycles. The van der Waals surface area contributed by atoms with Crippen LogP contribution in [-0.2, 0) is 16.1 Å². The highest BCUT2D eigenvalue weighted by atomic mass is 16.2. The highest BCUT2D eigenvalue weighted by Crippen LogP contribution is 2.32. The third-order valence-electron chi connectivity index (χ3n) is 5.11. The van der Waals surface area contributed by atoms with Gasteiger partial charge in [-0.15, -0.1) is 0 Å². The SMILES string of the molecule is Cc1cccc(C(=O)Nc2cccc3c2CN(C2CCC(=O)NC2=O)C3=O)c1. The van der Waals surface area contributed by atoms with Gasteiger partial charge in [0.25, 0.3) is 11.8 Å². The Kier molecular flexibility index (Phi) is 4.43. The van der Waals surface area contributed by atoms with E-state index in [9.17, 15) is 19.2 Å². The molecule has 1 unspecified atom stereocenters. The number of piperidine rings is 1. The summed E-state index contributed by atoms with van der Waals surface area (Å²) in [5.74, 6) is -1.31. The molecule has 2 aliphatic heterocycles. The van der Waals surface area contributed by atoms with Crippen LogP contribution < -0.4 is 10.6 Å². The number of anilines is 1. The molecule has 1 fully saturated rings. The molecule has 28 heavy (non-hydrogen) atoms. The molecule has 4 amide bonds. The Morgan fingerprint density at radius 3 is 2.68 bits per heavy atom. The van der Waals surface area contributed by atoms with E-state index in [4.69, 9.17) is 0 Å². The summed E-state index contributed by atoms with van der Waals surface area (Å²) in [5, 5.41) is 5.16. The average molecular weight is 377 g/mol. The standard InChI is InChI=1S/C21H19N3O4/c1-12-4-2-5-13(10-12)19(26)22-16-7-3-6-14-15(16)11-24(21(14)28)17-8-9-18(25)23-20(17)27/h2-7,10,17H,8-9,11H2,1H3,(H,22,26)(H,23,25,27). The smallest absolute Gasteiger partial charge is 0.255 e. The van der Waals surface area contributed by atoms with Crippen molar-refractivity contribution >= 4 is 29.3 Å². The molecule has 2 aromatic rings. The Morgan fingerprint density at radius 2 is 1.93 bits per heavy atom. The van der Waals surface area contributed by atoms with Gasteiger partial charge < -0.3 is 10.2 Å². The molecule has 1 saturated heterocycles. The Bertz CT molecular complexity index is 1010. The molecule has 1 atom stereocenters. The zero-order chi connectivity index (χ0) is 19.8. The van der Waals surface area contributed by atoms with Crippen LogP contribution >= 0.6 is 0 Å². The van der Waals surface area contributed by atoms with Crippen molar-refractivity contribution in [1.29, 1.82) is 0 Å². The highest BCUT2D eigenvalue weighted by molar-refractivity contribution is 6.08. The molecule has 7 heteroatoms. The summed E-state index contributed by atoms with van der Waals surface area (Å²) in [6.45, 7) is 2.12. The van der Waals surface area contributed by atoms with Gasteiger partial charge >= 0.3 is 0 Å². The quantitative estimate of drug-likeness (QED) is 0.800. The second-order valence-electron chi connectivity index (χ2n) is 7.06. The number of carbonyl (C=O) groups excluding carboxylic acids is 4. The lowest BCUT2D eigenvalue weighted by Gasteiger charge is -2.29. The molecule has 2 heterocycles. The number of rotatable bonds is 3. The van der Waals surface area contributed by atoms with Crippen molar-refractivity contribution in [3.63, 3.8) is 0 Å². The number of carbonyl (C=O) groups is 4. The van der Waals surface area contributed by atoms with E-state index in [0.717, 1.165) is 5.56 Å². The predicted octanol–water partition coefficient (Wildman–Crippen LogP) is 2.01. The van der Waals surface area contributed by atoms with Gasteiger partial charge in [0.05, 0.1) is 0 Å². The van der Waals surface area contributed by atoms with Crippen LogP contribution in [0.1, 0.15) is 44.7 Å². The van der Waals surface area contributed by atoms with E-state index in [2.05, 4.69) is 10.6 Å². The first-order valence-corrected chi connectivity index (χ1v) is 9.08. The van der Waals surface area contributed by atoms with Crippen LogP contribution in [0.15, 0.2) is 42.5 Å².